The van der Waals surface area contributed by atoms with Crippen molar-refractivity contribution in [2.24, 2.45) is 11.5 Å². The fourth-order valence-electron chi connectivity index (χ4n) is 0.895. The zero-order chi connectivity index (χ0) is 16.3. The van der Waals surface area contributed by atoms with Crippen LogP contribution in [0.1, 0.15) is 14.3 Å². The van der Waals surface area contributed by atoms with Gasteiger partial charge in [0.1, 0.15) is 12.0 Å². The van der Waals surface area contributed by atoms with E-state index in [9.17, 15) is 14.4 Å². The Morgan fingerprint density at radius 2 is 1.57 bits per heavy atom. The molecule has 0 aromatic carbocycles. The van der Waals surface area contributed by atoms with Crippen LogP contribution in [0.4, 0.5) is 0 Å². The Bertz CT molecular complexity index is 425. The minimum atomic E-state index is -2.45. The minimum absolute atomic E-state index is 0. The Balaban J connectivity index is -0.000000240. The molecule has 0 aliphatic rings. The molecule has 0 fully saturated rings. The molecule has 8 N–H and O–H groups in total. The van der Waals surface area contributed by atoms with Gasteiger partial charge in [-0.25, -0.2) is 4.79 Å². The molecule has 0 amide bonds. The zero-order valence-electron chi connectivity index (χ0n) is 11.9. The number of carboxylic acids is 3. The number of rotatable bonds is 7. The van der Waals surface area contributed by atoms with Crippen LogP contribution in [0.3, 0.4) is 0 Å². The second-order valence-electron chi connectivity index (χ2n) is 3.15. The predicted octanol–water partition coefficient (Wildman–Crippen LogP) is -4.14. The fourth-order valence-corrected chi connectivity index (χ4v) is 1.28. The molecule has 0 saturated heterocycles. The first kappa shape index (κ1) is 24.5. The maximum Gasteiger partial charge on any atom is 1.00 e. The van der Waals surface area contributed by atoms with Crippen molar-refractivity contribution in [2.75, 3.05) is 0 Å². The van der Waals surface area contributed by atoms with Crippen LogP contribution in [0.2, 0.25) is 0 Å². The minimum Gasteiger partial charge on any atom is -1.00 e. The number of nitrogens with one attached hydrogen (secondary N) is 1. The third-order valence-electron chi connectivity index (χ3n) is 1.50. The number of nitrogens with two attached hydrogens (primary N) is 2. The zero-order valence-corrected chi connectivity index (χ0v) is 13.7. The number of carboxylic acid groups (broad SMARTS) is 3. The molecule has 0 spiro atoms. The second kappa shape index (κ2) is 12.2. The summed E-state index contributed by atoms with van der Waals surface area (Å²) >= 11 is 0.0254. The SMILES string of the molecule is N#CSOC(CC(=O)O)(CC(=O)O)C(=O)O.N=C(N)N.[H-].[Na+]. The van der Waals surface area contributed by atoms with Crippen molar-refractivity contribution in [1.29, 1.82) is 10.7 Å². The summed E-state index contributed by atoms with van der Waals surface area (Å²) in [5.74, 6) is -5.16. The van der Waals surface area contributed by atoms with Gasteiger partial charge in [-0.15, -0.1) is 0 Å². The molecule has 0 unspecified atom stereocenters. The van der Waals surface area contributed by atoms with Gasteiger partial charge in [0.25, 0.3) is 0 Å². The van der Waals surface area contributed by atoms with Crippen LogP contribution in [0.5, 0.6) is 0 Å². The molecule has 11 nitrogen and oxygen atoms in total. The second-order valence-corrected chi connectivity index (χ2v) is 3.67. The Morgan fingerprint density at radius 3 is 1.76 bits per heavy atom. The van der Waals surface area contributed by atoms with Gasteiger partial charge < -0.3 is 28.2 Å². The largest absolute Gasteiger partial charge is 1.00 e. The summed E-state index contributed by atoms with van der Waals surface area (Å²) in [5.41, 5.74) is 6.50. The maximum absolute atomic E-state index is 10.8. The topological polar surface area (TPSA) is 221 Å². The monoisotopic (exact) mass is 332 g/mol. The molecular weight excluding hydrogens is 319 g/mol. The van der Waals surface area contributed by atoms with Gasteiger partial charge in [-0.1, -0.05) is 0 Å². The molecule has 114 valence electrons. The maximum atomic E-state index is 10.8. The third kappa shape index (κ3) is 13.2. The number of thiocyanates is 1. The molecule has 0 rings (SSSR count). The average molecular weight is 332 g/mol. The van der Waals surface area contributed by atoms with Crippen molar-refractivity contribution in [3.8, 4) is 5.40 Å². The third-order valence-corrected chi connectivity index (χ3v) is 1.98. The summed E-state index contributed by atoms with van der Waals surface area (Å²) in [6.45, 7) is 0. The molecule has 0 aliphatic carbocycles. The molecule has 0 saturated carbocycles. The van der Waals surface area contributed by atoms with Gasteiger partial charge in [0.15, 0.2) is 11.4 Å². The van der Waals surface area contributed by atoms with Crippen LogP contribution >= 0.6 is 12.0 Å². The van der Waals surface area contributed by atoms with Gasteiger partial charge in [-0.05, 0) is 0 Å². The average Bonchev–Trinajstić information content (AvgIpc) is 2.23. The van der Waals surface area contributed by atoms with Gasteiger partial charge in [0.05, 0.1) is 12.8 Å². The van der Waals surface area contributed by atoms with Gasteiger partial charge in [0, 0.05) is 0 Å². The van der Waals surface area contributed by atoms with Crippen LogP contribution in [-0.2, 0) is 18.6 Å². The summed E-state index contributed by atoms with van der Waals surface area (Å²) in [5, 5.41) is 41.3. The number of guanidine groups is 1. The number of hydrogen-bond acceptors (Lipinski definition) is 7. The van der Waals surface area contributed by atoms with Gasteiger partial charge in [-0.2, -0.15) is 5.26 Å². The number of nitriles is 1. The number of hydrogen-bond donors (Lipinski definition) is 6. The first-order chi connectivity index (χ1) is 9.07. The molecule has 13 heteroatoms. The molecular formula is C8H13N4NaO7S. The number of aliphatic carboxylic acids is 3. The number of carbonyl (C=O) groups is 3. The smallest absolute Gasteiger partial charge is 1.00 e. The van der Waals surface area contributed by atoms with Gasteiger partial charge in [0.2, 0.25) is 5.60 Å². The molecule has 0 aromatic rings. The molecule has 0 atom stereocenters. The molecule has 0 aromatic heterocycles. The van der Waals surface area contributed by atoms with Crippen molar-refractivity contribution < 1.29 is 64.9 Å². The van der Waals surface area contributed by atoms with Crippen molar-refractivity contribution in [3.63, 3.8) is 0 Å². The Hall–Kier alpha value is -1.52. The summed E-state index contributed by atoms with van der Waals surface area (Å²) < 4.78 is 4.46. The van der Waals surface area contributed by atoms with Gasteiger partial charge in [-0.3, -0.25) is 19.2 Å². The Kier molecular flexibility index (Phi) is 14.3. The quantitative estimate of drug-likeness (QED) is 0.0863. The first-order valence-electron chi connectivity index (χ1n) is 4.57. The van der Waals surface area contributed by atoms with Crippen LogP contribution in [0.25, 0.3) is 0 Å². The van der Waals surface area contributed by atoms with Crippen LogP contribution in [-0.4, -0.2) is 44.8 Å². The van der Waals surface area contributed by atoms with Crippen molar-refractivity contribution >= 4 is 35.9 Å². The molecule has 0 heterocycles. The van der Waals surface area contributed by atoms with Crippen LogP contribution in [0, 0.1) is 16.1 Å². The standard InChI is InChI=1S/C7H7NO7S.CH5N3.Na.H/c8-3-16-15-7(6(13)14,1-4(9)10)2-5(11)12;2-1(3)4;;/h1-2H2,(H,9,10)(H,11,12)(H,13,14);(H5,2,3,4);;/q;;+1;-1. The molecule has 0 bridgehead atoms. The van der Waals surface area contributed by atoms with E-state index in [2.05, 4.69) is 15.7 Å². The van der Waals surface area contributed by atoms with Crippen LogP contribution < -0.4 is 41.0 Å². The summed E-state index contributed by atoms with van der Waals surface area (Å²) in [7, 11) is 0. The van der Waals surface area contributed by atoms with E-state index in [1.54, 1.807) is 0 Å². The van der Waals surface area contributed by atoms with Crippen molar-refractivity contribution in [1.82, 2.24) is 0 Å². The van der Waals surface area contributed by atoms with E-state index >= 15 is 0 Å². The summed E-state index contributed by atoms with van der Waals surface area (Å²) in [6, 6.07) is 0. The first-order valence-corrected chi connectivity index (χ1v) is 5.31. The predicted molar refractivity (Wildman–Crippen MR) is 66.4 cm³/mol. The summed E-state index contributed by atoms with van der Waals surface area (Å²) in [6.07, 6.45) is -2.10. The van der Waals surface area contributed by atoms with Crippen molar-refractivity contribution in [3.05, 3.63) is 0 Å². The summed E-state index contributed by atoms with van der Waals surface area (Å²) in [4.78, 5) is 31.7. The fraction of sp³-hybridized carbons (Fsp3) is 0.375. The van der Waals surface area contributed by atoms with Crippen molar-refractivity contribution in [2.45, 2.75) is 18.4 Å². The Labute approximate surface area is 146 Å². The van der Waals surface area contributed by atoms with E-state index in [1.807, 2.05) is 0 Å². The molecule has 21 heavy (non-hydrogen) atoms. The van der Waals surface area contributed by atoms with E-state index in [0.29, 0.717) is 0 Å². The van der Waals surface area contributed by atoms with E-state index in [4.69, 9.17) is 26.0 Å². The van der Waals surface area contributed by atoms with Gasteiger partial charge >= 0.3 is 47.5 Å². The van der Waals surface area contributed by atoms with E-state index in [0.717, 1.165) is 0 Å². The normalized spacial score (nSPS) is 9.10. The van der Waals surface area contributed by atoms with E-state index in [1.165, 1.54) is 5.40 Å². The Morgan fingerprint density at radius 1 is 1.24 bits per heavy atom. The molecule has 0 aliphatic heterocycles. The van der Waals surface area contributed by atoms with E-state index in [-0.39, 0.29) is 49.0 Å². The number of nitrogens with zero attached hydrogens (tertiary/aromatic N) is 1. The van der Waals surface area contributed by atoms with E-state index < -0.39 is 36.4 Å². The van der Waals surface area contributed by atoms with Crippen LogP contribution in [0.15, 0.2) is 0 Å². The molecule has 0 radical (unpaired) electrons.